The molecule has 3 aromatic rings. The molecule has 7 aliphatic rings. The molecular formula is C53H64F2N8O6. The Hall–Kier alpha value is -5.44. The fourth-order valence-corrected chi connectivity index (χ4v) is 12.5. The number of aliphatic hydroxyl groups is 1. The number of likely N-dealkylation sites (tertiary alicyclic amines) is 2. The van der Waals surface area contributed by atoms with E-state index < -0.39 is 41.2 Å². The number of aliphatic hydroxyl groups excluding tert-OH is 1. The molecule has 4 saturated heterocycles. The lowest BCUT2D eigenvalue weighted by Crippen LogP contribution is -2.54. The van der Waals surface area contributed by atoms with E-state index in [4.69, 9.17) is 15.2 Å². The zero-order valence-corrected chi connectivity index (χ0v) is 39.9. The summed E-state index contributed by atoms with van der Waals surface area (Å²) < 4.78 is 46.8. The van der Waals surface area contributed by atoms with E-state index in [1.807, 2.05) is 11.7 Å². The van der Waals surface area contributed by atoms with Gasteiger partial charge in [-0.15, -0.1) is 0 Å². The lowest BCUT2D eigenvalue weighted by Gasteiger charge is -2.45. The van der Waals surface area contributed by atoms with E-state index in [0.717, 1.165) is 87.7 Å². The number of amides is 4. The van der Waals surface area contributed by atoms with E-state index >= 15 is 8.78 Å². The van der Waals surface area contributed by atoms with Gasteiger partial charge in [0, 0.05) is 85.5 Å². The van der Waals surface area contributed by atoms with E-state index in [9.17, 15) is 19.5 Å². The van der Waals surface area contributed by atoms with E-state index in [1.165, 1.54) is 36.6 Å². The van der Waals surface area contributed by atoms with E-state index in [0.29, 0.717) is 42.4 Å². The summed E-state index contributed by atoms with van der Waals surface area (Å²) in [5.41, 5.74) is 8.43. The number of nitrogens with two attached hydrogens (primary N) is 1. The monoisotopic (exact) mass is 946 g/mol. The molecule has 5 fully saturated rings. The Morgan fingerprint density at radius 3 is 2.58 bits per heavy atom. The summed E-state index contributed by atoms with van der Waals surface area (Å²) >= 11 is 0. The number of primary amides is 1. The van der Waals surface area contributed by atoms with Gasteiger partial charge in [-0.1, -0.05) is 30.9 Å². The zero-order chi connectivity index (χ0) is 48.1. The molecule has 69 heavy (non-hydrogen) atoms. The number of urea groups is 1. The minimum atomic E-state index is -0.931. The number of aromatic nitrogens is 2. The van der Waals surface area contributed by atoms with Gasteiger partial charge >= 0.3 is 6.03 Å². The van der Waals surface area contributed by atoms with Gasteiger partial charge < -0.3 is 35.4 Å². The molecule has 366 valence electrons. The van der Waals surface area contributed by atoms with E-state index in [2.05, 4.69) is 68.6 Å². The summed E-state index contributed by atoms with van der Waals surface area (Å²) in [5, 5.41) is 21.2. The Morgan fingerprint density at radius 1 is 1.09 bits per heavy atom. The number of rotatable bonds is 14. The van der Waals surface area contributed by atoms with Crippen LogP contribution in [0.25, 0.3) is 16.5 Å². The third kappa shape index (κ3) is 8.90. The first-order valence-corrected chi connectivity index (χ1v) is 24.9. The molecule has 4 aliphatic heterocycles. The molecule has 1 aromatic heterocycles. The van der Waals surface area contributed by atoms with E-state index in [-0.39, 0.29) is 60.0 Å². The molecule has 16 heteroatoms. The number of nitrogens with one attached hydrogen (secondary N) is 2. The number of carbonyl (C=O) groups is 3. The SMILES string of the molecule is CC1=C(c2c(C(N)=O)ccc(OCCO)c2F)C2C(C=C1F)OC(CNC1CC(CN3CCC(N4CCC(c5ccc6c(N7CCC(=O)NC7=O)nn(C)c6c5)CC4)CC3)C1)(C1=CCCC#C1)C2C. The number of allylic oxidation sites excluding steroid dienone is 3. The van der Waals surface area contributed by atoms with Crippen molar-refractivity contribution in [2.24, 2.45) is 30.5 Å². The molecule has 5 N–H and O–H groups in total. The van der Waals surface area contributed by atoms with Gasteiger partial charge in [0.05, 0.1) is 18.2 Å². The highest BCUT2D eigenvalue weighted by Gasteiger charge is 2.57. The average molecular weight is 947 g/mol. The first-order chi connectivity index (χ1) is 33.3. The van der Waals surface area contributed by atoms with Crippen molar-refractivity contribution in [2.45, 2.75) is 101 Å². The summed E-state index contributed by atoms with van der Waals surface area (Å²) in [6, 6.07) is 9.68. The van der Waals surface area contributed by atoms with Gasteiger partial charge in [-0.3, -0.25) is 24.5 Å². The van der Waals surface area contributed by atoms with Gasteiger partial charge in [0.25, 0.3) is 0 Å². The molecule has 3 aliphatic carbocycles. The maximum atomic E-state index is 16.5. The second-order valence-corrected chi connectivity index (χ2v) is 20.3. The van der Waals surface area contributed by atoms with Crippen molar-refractivity contribution in [3.05, 3.63) is 82.0 Å². The van der Waals surface area contributed by atoms with Crippen molar-refractivity contribution >= 4 is 40.1 Å². The molecule has 1 saturated carbocycles. The van der Waals surface area contributed by atoms with Crippen molar-refractivity contribution in [1.29, 1.82) is 0 Å². The number of piperidine rings is 2. The number of aryl methyl sites for hydroxylation is 1. The van der Waals surface area contributed by atoms with Crippen LogP contribution in [0.2, 0.25) is 0 Å². The van der Waals surface area contributed by atoms with Crippen LogP contribution in [0.1, 0.15) is 99.0 Å². The maximum absolute atomic E-state index is 16.5. The highest BCUT2D eigenvalue weighted by atomic mass is 19.1. The van der Waals surface area contributed by atoms with Gasteiger partial charge in [0.1, 0.15) is 18.0 Å². The standard InChI is InChI=1S/C53H64F2N8O6/c1-31-41(54)28-44-47(46(31)48-40(50(56)66)11-12-43(49(48)55)68-24-23-64)32(2)53(69-44,36-7-5-4-6-8-36)30-57-37-25-33(26-37)29-61-18-15-38(16-19-61)62-20-13-34(14-21-62)35-9-10-39-42(27-35)60(3)59-51(39)63-22-17-45(65)58-52(63)67/h7,9-12,27-28,32-34,37-38,44,47,57,64H,4-5,13-26,29-30H2,1-3H3,(H2,56,66)(H,58,65,67). The van der Waals surface area contributed by atoms with Crippen LogP contribution in [0.5, 0.6) is 5.75 Å². The normalized spacial score (nSPS) is 28.2. The number of nitrogens with zero attached hydrogens (tertiary/aromatic N) is 5. The Labute approximate surface area is 402 Å². The second kappa shape index (κ2) is 19.4. The van der Waals surface area contributed by atoms with Crippen LogP contribution in [0.15, 0.2) is 59.5 Å². The average Bonchev–Trinajstić information content (AvgIpc) is 3.82. The minimum Gasteiger partial charge on any atom is -0.488 e. The molecule has 14 nitrogen and oxygen atoms in total. The molecule has 10 rings (SSSR count). The van der Waals surface area contributed by atoms with Crippen LogP contribution in [-0.4, -0.2) is 125 Å². The van der Waals surface area contributed by atoms with Gasteiger partial charge in [0.15, 0.2) is 17.4 Å². The Balaban J connectivity index is 0.734. The van der Waals surface area contributed by atoms with Crippen LogP contribution >= 0.6 is 0 Å². The zero-order valence-electron chi connectivity index (χ0n) is 39.9. The number of benzene rings is 2. The number of imide groups is 1. The summed E-state index contributed by atoms with van der Waals surface area (Å²) in [5.74, 6) is 4.83. The first kappa shape index (κ1) is 47.2. The predicted molar refractivity (Wildman–Crippen MR) is 258 cm³/mol. The van der Waals surface area contributed by atoms with Crippen LogP contribution in [0, 0.1) is 35.4 Å². The number of carbonyl (C=O) groups excluding carboxylic acids is 3. The number of hydrogen-bond donors (Lipinski definition) is 4. The molecule has 4 unspecified atom stereocenters. The largest absolute Gasteiger partial charge is 0.488 e. The van der Waals surface area contributed by atoms with Crippen LogP contribution < -0.4 is 26.0 Å². The highest BCUT2D eigenvalue weighted by Crippen LogP contribution is 2.55. The summed E-state index contributed by atoms with van der Waals surface area (Å²) in [7, 11) is 1.91. The molecule has 2 aromatic carbocycles. The quantitative estimate of drug-likeness (QED) is 0.139. The molecular weight excluding hydrogens is 883 g/mol. The lowest BCUT2D eigenvalue weighted by atomic mass is 9.68. The number of fused-ring (bicyclic) bond motifs is 2. The second-order valence-electron chi connectivity index (χ2n) is 20.3. The summed E-state index contributed by atoms with van der Waals surface area (Å²) in [4.78, 5) is 44.0. The third-order valence-electron chi connectivity index (χ3n) is 16.3. The van der Waals surface area contributed by atoms with Crippen molar-refractivity contribution < 1.29 is 37.7 Å². The molecule has 0 spiro atoms. The van der Waals surface area contributed by atoms with Crippen LogP contribution in [0.3, 0.4) is 0 Å². The highest BCUT2D eigenvalue weighted by molar-refractivity contribution is 6.09. The summed E-state index contributed by atoms with van der Waals surface area (Å²) in [6.45, 7) is 9.39. The molecule has 4 atom stereocenters. The topological polar surface area (TPSA) is 168 Å². The number of anilines is 1. The van der Waals surface area contributed by atoms with E-state index in [1.54, 1.807) is 11.8 Å². The number of hydrogen-bond acceptors (Lipinski definition) is 10. The molecule has 0 bridgehead atoms. The van der Waals surface area contributed by atoms with Crippen molar-refractivity contribution in [3.63, 3.8) is 0 Å². The van der Waals surface area contributed by atoms with Gasteiger partial charge in [-0.25, -0.2) is 13.6 Å². The van der Waals surface area contributed by atoms with Gasteiger partial charge in [0.2, 0.25) is 11.8 Å². The van der Waals surface area contributed by atoms with Gasteiger partial charge in [-0.05, 0) is 137 Å². The third-order valence-corrected chi connectivity index (χ3v) is 16.3. The fraction of sp³-hybridized carbons (Fsp3) is 0.547. The molecule has 0 radical (unpaired) electrons. The minimum absolute atomic E-state index is 0.0720. The maximum Gasteiger partial charge on any atom is 0.329 e. The Morgan fingerprint density at radius 2 is 1.87 bits per heavy atom. The van der Waals surface area contributed by atoms with Crippen LogP contribution in [-0.2, 0) is 16.6 Å². The molecule has 4 amide bonds. The predicted octanol–water partition coefficient (Wildman–Crippen LogP) is 6.09. The van der Waals surface area contributed by atoms with Crippen LogP contribution in [0.4, 0.5) is 19.4 Å². The molecule has 5 heterocycles. The summed E-state index contributed by atoms with van der Waals surface area (Å²) in [6.07, 6.45) is 11.3. The number of halogens is 2. The Kier molecular flexibility index (Phi) is 13.3. The smallest absolute Gasteiger partial charge is 0.329 e. The fourth-order valence-electron chi connectivity index (χ4n) is 12.5. The Bertz CT molecular complexity index is 2680. The van der Waals surface area contributed by atoms with Crippen molar-refractivity contribution in [3.8, 4) is 17.6 Å². The first-order valence-electron chi connectivity index (χ1n) is 24.9. The van der Waals surface area contributed by atoms with Gasteiger partial charge in [-0.2, -0.15) is 5.10 Å². The van der Waals surface area contributed by atoms with Crippen molar-refractivity contribution in [2.75, 3.05) is 63.9 Å². The van der Waals surface area contributed by atoms with Crippen molar-refractivity contribution in [1.82, 2.24) is 30.2 Å². The lowest BCUT2D eigenvalue weighted by molar-refractivity contribution is -0.120. The number of ether oxygens (including phenoxy) is 2.